The quantitative estimate of drug-likeness (QED) is 0.859. The number of hydrogen-bond acceptors (Lipinski definition) is 3. The molecule has 1 fully saturated rings. The van der Waals surface area contributed by atoms with Crippen molar-refractivity contribution < 1.29 is 9.90 Å². The normalized spacial score (nSPS) is 24.3. The van der Waals surface area contributed by atoms with E-state index >= 15 is 0 Å². The molecule has 1 atom stereocenters. The molecular weight excluding hydrogens is 230 g/mol. The number of carbonyl (C=O) groups is 1. The van der Waals surface area contributed by atoms with E-state index in [1.165, 1.54) is 0 Å². The van der Waals surface area contributed by atoms with Crippen molar-refractivity contribution in [3.8, 4) is 0 Å². The predicted molar refractivity (Wildman–Crippen MR) is 68.4 cm³/mol. The lowest BCUT2D eigenvalue weighted by atomic mass is 9.95. The summed E-state index contributed by atoms with van der Waals surface area (Å²) in [4.78, 5) is 14.2. The molecule has 100 valence electrons. The van der Waals surface area contributed by atoms with Crippen LogP contribution in [0.3, 0.4) is 0 Å². The molecule has 1 aromatic rings. The Labute approximate surface area is 107 Å². The number of amides is 1. The van der Waals surface area contributed by atoms with Crippen LogP contribution in [0, 0.1) is 6.92 Å². The molecule has 1 aliphatic rings. The van der Waals surface area contributed by atoms with Crippen molar-refractivity contribution in [3.63, 3.8) is 0 Å². The van der Waals surface area contributed by atoms with Crippen LogP contribution in [0.25, 0.3) is 0 Å². The Morgan fingerprint density at radius 1 is 1.61 bits per heavy atom. The van der Waals surface area contributed by atoms with Gasteiger partial charge in [-0.15, -0.1) is 0 Å². The van der Waals surface area contributed by atoms with E-state index in [0.29, 0.717) is 25.3 Å². The molecule has 0 aliphatic carbocycles. The third-order valence-electron chi connectivity index (χ3n) is 3.38. The highest BCUT2D eigenvalue weighted by Gasteiger charge is 2.32. The molecule has 0 saturated carbocycles. The summed E-state index contributed by atoms with van der Waals surface area (Å²) < 4.78 is 1.72. The molecule has 0 aromatic carbocycles. The summed E-state index contributed by atoms with van der Waals surface area (Å²) in [5.41, 5.74) is 0.705. The first-order valence-corrected chi connectivity index (χ1v) is 6.49. The number of aliphatic hydroxyl groups is 1. The Balaban J connectivity index is 2.20. The van der Waals surface area contributed by atoms with Crippen LogP contribution >= 0.6 is 0 Å². The molecule has 1 amide bonds. The van der Waals surface area contributed by atoms with Gasteiger partial charge in [0, 0.05) is 19.6 Å². The summed E-state index contributed by atoms with van der Waals surface area (Å²) in [5.74, 6) is -0.0302. The SMILES string of the molecule is CCn1nc(C)cc1C(=O)N1CCCC(C)(O)C1. The van der Waals surface area contributed by atoms with Crippen LogP contribution in [-0.2, 0) is 6.54 Å². The molecule has 18 heavy (non-hydrogen) atoms. The minimum atomic E-state index is -0.764. The van der Waals surface area contributed by atoms with Crippen molar-refractivity contribution in [1.29, 1.82) is 0 Å². The molecular formula is C13H21N3O2. The van der Waals surface area contributed by atoms with Gasteiger partial charge in [0.15, 0.2) is 0 Å². The molecule has 2 heterocycles. The van der Waals surface area contributed by atoms with E-state index in [2.05, 4.69) is 5.10 Å². The first-order valence-electron chi connectivity index (χ1n) is 6.49. The van der Waals surface area contributed by atoms with E-state index in [4.69, 9.17) is 0 Å². The van der Waals surface area contributed by atoms with Gasteiger partial charge >= 0.3 is 0 Å². The zero-order chi connectivity index (χ0) is 13.3. The van der Waals surface area contributed by atoms with Gasteiger partial charge in [0.25, 0.3) is 5.91 Å². The van der Waals surface area contributed by atoms with E-state index < -0.39 is 5.60 Å². The second-order valence-electron chi connectivity index (χ2n) is 5.31. The Kier molecular flexibility index (Phi) is 3.43. The fraction of sp³-hybridized carbons (Fsp3) is 0.692. The van der Waals surface area contributed by atoms with Crippen LogP contribution in [0.1, 0.15) is 42.9 Å². The van der Waals surface area contributed by atoms with Gasteiger partial charge in [0.2, 0.25) is 0 Å². The average molecular weight is 251 g/mol. The standard InChI is InChI=1S/C13H21N3O2/c1-4-16-11(8-10(2)14-16)12(17)15-7-5-6-13(3,18)9-15/h8,18H,4-7,9H2,1-3H3. The van der Waals surface area contributed by atoms with Gasteiger partial charge in [-0.1, -0.05) is 0 Å². The number of aryl methyl sites for hydroxylation is 2. The number of rotatable bonds is 2. The lowest BCUT2D eigenvalue weighted by molar-refractivity contribution is -0.0111. The number of aromatic nitrogens is 2. The van der Waals surface area contributed by atoms with Crippen molar-refractivity contribution in [2.45, 2.75) is 45.8 Å². The van der Waals surface area contributed by atoms with E-state index in [-0.39, 0.29) is 5.91 Å². The molecule has 1 N–H and O–H groups in total. The Bertz CT molecular complexity index is 451. The summed E-state index contributed by atoms with van der Waals surface area (Å²) in [7, 11) is 0. The van der Waals surface area contributed by atoms with Crippen LogP contribution < -0.4 is 0 Å². The molecule has 1 aromatic heterocycles. The number of piperidine rings is 1. The maximum absolute atomic E-state index is 12.4. The van der Waals surface area contributed by atoms with Gasteiger partial charge in [-0.25, -0.2) is 0 Å². The van der Waals surface area contributed by atoms with Crippen LogP contribution in [0.2, 0.25) is 0 Å². The lowest BCUT2D eigenvalue weighted by Gasteiger charge is -2.36. The molecule has 5 nitrogen and oxygen atoms in total. The molecule has 5 heteroatoms. The summed E-state index contributed by atoms with van der Waals surface area (Å²) in [5, 5.41) is 14.3. The van der Waals surface area contributed by atoms with E-state index in [0.717, 1.165) is 18.5 Å². The number of hydrogen-bond donors (Lipinski definition) is 1. The Morgan fingerprint density at radius 2 is 2.33 bits per heavy atom. The second kappa shape index (κ2) is 4.72. The highest BCUT2D eigenvalue weighted by Crippen LogP contribution is 2.22. The fourth-order valence-electron chi connectivity index (χ4n) is 2.51. The zero-order valence-corrected chi connectivity index (χ0v) is 11.3. The fourth-order valence-corrected chi connectivity index (χ4v) is 2.51. The smallest absolute Gasteiger partial charge is 0.272 e. The summed E-state index contributed by atoms with van der Waals surface area (Å²) >= 11 is 0. The Hall–Kier alpha value is -1.36. The van der Waals surface area contributed by atoms with Crippen molar-refractivity contribution in [1.82, 2.24) is 14.7 Å². The first-order chi connectivity index (χ1) is 8.43. The van der Waals surface area contributed by atoms with E-state index in [9.17, 15) is 9.90 Å². The predicted octanol–water partition coefficient (Wildman–Crippen LogP) is 1.20. The third kappa shape index (κ3) is 2.56. The monoisotopic (exact) mass is 251 g/mol. The molecule has 0 bridgehead atoms. The topological polar surface area (TPSA) is 58.4 Å². The minimum absolute atomic E-state index is 0.0302. The van der Waals surface area contributed by atoms with Crippen LogP contribution in [0.5, 0.6) is 0 Å². The van der Waals surface area contributed by atoms with Crippen LogP contribution in [-0.4, -0.2) is 44.4 Å². The van der Waals surface area contributed by atoms with E-state index in [1.807, 2.05) is 19.9 Å². The summed E-state index contributed by atoms with van der Waals surface area (Å²) in [6, 6.07) is 1.81. The van der Waals surface area contributed by atoms with Crippen molar-refractivity contribution in [2.24, 2.45) is 0 Å². The van der Waals surface area contributed by atoms with Crippen molar-refractivity contribution >= 4 is 5.91 Å². The minimum Gasteiger partial charge on any atom is -0.388 e. The number of nitrogens with zero attached hydrogens (tertiary/aromatic N) is 3. The zero-order valence-electron chi connectivity index (χ0n) is 11.3. The largest absolute Gasteiger partial charge is 0.388 e. The van der Waals surface area contributed by atoms with Crippen LogP contribution in [0.15, 0.2) is 6.07 Å². The summed E-state index contributed by atoms with van der Waals surface area (Å²) in [6.07, 6.45) is 1.60. The molecule has 0 radical (unpaired) electrons. The van der Waals surface area contributed by atoms with Gasteiger partial charge in [0.1, 0.15) is 5.69 Å². The maximum Gasteiger partial charge on any atom is 0.272 e. The number of carbonyl (C=O) groups excluding carboxylic acids is 1. The molecule has 1 unspecified atom stereocenters. The van der Waals surface area contributed by atoms with Crippen LogP contribution in [0.4, 0.5) is 0 Å². The first kappa shape index (κ1) is 13.1. The second-order valence-corrected chi connectivity index (χ2v) is 5.31. The van der Waals surface area contributed by atoms with Crippen molar-refractivity contribution in [3.05, 3.63) is 17.5 Å². The maximum atomic E-state index is 12.4. The Morgan fingerprint density at radius 3 is 2.94 bits per heavy atom. The van der Waals surface area contributed by atoms with Gasteiger partial charge in [-0.2, -0.15) is 5.10 Å². The molecule has 1 saturated heterocycles. The van der Waals surface area contributed by atoms with Gasteiger partial charge in [-0.3, -0.25) is 9.48 Å². The number of β-amino-alcohol motifs (C(OH)–C–C–N with tert-alkyl or cyclic N) is 1. The number of likely N-dealkylation sites (tertiary alicyclic amines) is 1. The van der Waals surface area contributed by atoms with Crippen molar-refractivity contribution in [2.75, 3.05) is 13.1 Å². The van der Waals surface area contributed by atoms with Gasteiger partial charge in [0.05, 0.1) is 11.3 Å². The molecule has 1 aliphatic heterocycles. The van der Waals surface area contributed by atoms with E-state index in [1.54, 1.807) is 16.5 Å². The highest BCUT2D eigenvalue weighted by molar-refractivity contribution is 5.92. The lowest BCUT2D eigenvalue weighted by Crippen LogP contribution is -2.49. The molecule has 2 rings (SSSR count). The highest BCUT2D eigenvalue weighted by atomic mass is 16.3. The average Bonchev–Trinajstić information content (AvgIpc) is 2.68. The molecule has 0 spiro atoms. The third-order valence-corrected chi connectivity index (χ3v) is 3.38. The van der Waals surface area contributed by atoms with Gasteiger partial charge in [-0.05, 0) is 39.7 Å². The summed E-state index contributed by atoms with van der Waals surface area (Å²) in [6.45, 7) is 7.43. The van der Waals surface area contributed by atoms with Gasteiger partial charge < -0.3 is 10.0 Å².